The number of benzene rings is 3. The number of nitriles is 1. The predicted molar refractivity (Wildman–Crippen MR) is 124 cm³/mol. The molecule has 0 saturated carbocycles. The number of amides is 1. The Hall–Kier alpha value is -2.78. The van der Waals surface area contributed by atoms with Crippen molar-refractivity contribution in [1.82, 2.24) is 0 Å². The van der Waals surface area contributed by atoms with Crippen molar-refractivity contribution in [2.75, 3.05) is 5.32 Å². The molecule has 1 amide bonds. The summed E-state index contributed by atoms with van der Waals surface area (Å²) in [6, 6.07) is 21.4. The maximum absolute atomic E-state index is 12.4. The zero-order valence-corrected chi connectivity index (χ0v) is 18.6. The van der Waals surface area contributed by atoms with E-state index in [1.54, 1.807) is 48.5 Å². The molecule has 7 heteroatoms. The van der Waals surface area contributed by atoms with Crippen LogP contribution < -0.4 is 10.1 Å². The fourth-order valence-electron chi connectivity index (χ4n) is 2.59. The summed E-state index contributed by atoms with van der Waals surface area (Å²) in [4.78, 5) is 12.4. The van der Waals surface area contributed by atoms with E-state index in [9.17, 15) is 10.1 Å². The lowest BCUT2D eigenvalue weighted by Crippen LogP contribution is -2.13. The summed E-state index contributed by atoms with van der Waals surface area (Å²) in [5, 5.41) is 13.2. The van der Waals surface area contributed by atoms with Gasteiger partial charge in [-0.05, 0) is 75.6 Å². The summed E-state index contributed by atoms with van der Waals surface area (Å²) < 4.78 is 6.52. The van der Waals surface area contributed by atoms with Crippen molar-refractivity contribution in [3.63, 3.8) is 0 Å². The molecule has 3 aromatic rings. The quantitative estimate of drug-likeness (QED) is 0.295. The fourth-order valence-corrected chi connectivity index (χ4v) is 3.51. The summed E-state index contributed by atoms with van der Waals surface area (Å²) in [5.74, 6) is 0.117. The van der Waals surface area contributed by atoms with Crippen LogP contribution in [0.1, 0.15) is 11.1 Å². The van der Waals surface area contributed by atoms with Crippen LogP contribution in [0.3, 0.4) is 0 Å². The zero-order chi connectivity index (χ0) is 21.5. The van der Waals surface area contributed by atoms with Crippen LogP contribution in [-0.2, 0) is 11.4 Å². The van der Waals surface area contributed by atoms with E-state index in [0.29, 0.717) is 38.1 Å². The molecule has 0 aliphatic rings. The highest BCUT2D eigenvalue weighted by Gasteiger charge is 2.11. The van der Waals surface area contributed by atoms with Crippen molar-refractivity contribution in [2.24, 2.45) is 0 Å². The van der Waals surface area contributed by atoms with Gasteiger partial charge in [-0.25, -0.2) is 0 Å². The maximum atomic E-state index is 12.4. The van der Waals surface area contributed by atoms with Gasteiger partial charge in [0.25, 0.3) is 5.91 Å². The zero-order valence-electron chi connectivity index (χ0n) is 15.5. The lowest BCUT2D eigenvalue weighted by molar-refractivity contribution is -0.112. The Morgan fingerprint density at radius 3 is 2.47 bits per heavy atom. The standard InChI is InChI=1S/C23H15BrCl2N2O2/c24-21-11-15(7-8-22(21)30-14-16-3-1-4-18(25)10-16)9-17(13-27)23(29)28-20-6-2-5-19(26)12-20/h1-12H,14H2,(H,28,29)/b17-9+. The third kappa shape index (κ3) is 6.11. The average molecular weight is 502 g/mol. The van der Waals surface area contributed by atoms with Crippen molar-refractivity contribution in [2.45, 2.75) is 6.61 Å². The monoisotopic (exact) mass is 500 g/mol. The molecule has 1 N–H and O–H groups in total. The van der Waals surface area contributed by atoms with Gasteiger partial charge < -0.3 is 10.1 Å². The first-order valence-corrected chi connectivity index (χ1v) is 10.3. The van der Waals surface area contributed by atoms with Gasteiger partial charge in [-0.3, -0.25) is 4.79 Å². The van der Waals surface area contributed by atoms with Gasteiger partial charge in [-0.15, -0.1) is 0 Å². The molecule has 0 spiro atoms. The minimum atomic E-state index is -0.517. The SMILES string of the molecule is N#C/C(=C\c1ccc(OCc2cccc(Cl)c2)c(Br)c1)C(=O)Nc1cccc(Cl)c1. The Morgan fingerprint density at radius 2 is 1.80 bits per heavy atom. The molecular weight excluding hydrogens is 487 g/mol. The van der Waals surface area contributed by atoms with E-state index in [0.717, 1.165) is 5.56 Å². The van der Waals surface area contributed by atoms with Crippen molar-refractivity contribution < 1.29 is 9.53 Å². The number of hydrogen-bond donors (Lipinski definition) is 1. The molecule has 0 bridgehead atoms. The Bertz CT molecular complexity index is 1160. The Morgan fingerprint density at radius 1 is 1.07 bits per heavy atom. The molecule has 3 rings (SSSR count). The van der Waals surface area contributed by atoms with Crippen LogP contribution in [-0.4, -0.2) is 5.91 Å². The van der Waals surface area contributed by atoms with Crippen LogP contribution in [0.25, 0.3) is 6.08 Å². The minimum Gasteiger partial charge on any atom is -0.488 e. The normalized spacial score (nSPS) is 10.9. The number of rotatable bonds is 6. The second-order valence-corrected chi connectivity index (χ2v) is 7.97. The first kappa shape index (κ1) is 21.9. The lowest BCUT2D eigenvalue weighted by Gasteiger charge is -2.09. The number of carbonyl (C=O) groups is 1. The topological polar surface area (TPSA) is 62.1 Å². The van der Waals surface area contributed by atoms with Gasteiger partial charge in [0.2, 0.25) is 0 Å². The largest absolute Gasteiger partial charge is 0.488 e. The number of nitrogens with one attached hydrogen (secondary N) is 1. The highest BCUT2D eigenvalue weighted by Crippen LogP contribution is 2.28. The van der Waals surface area contributed by atoms with Crippen LogP contribution in [0.2, 0.25) is 10.0 Å². The molecule has 30 heavy (non-hydrogen) atoms. The molecule has 0 aliphatic carbocycles. The van der Waals surface area contributed by atoms with Gasteiger partial charge >= 0.3 is 0 Å². The van der Waals surface area contributed by atoms with E-state index in [4.69, 9.17) is 27.9 Å². The van der Waals surface area contributed by atoms with E-state index >= 15 is 0 Å². The number of carbonyl (C=O) groups excluding carboxylic acids is 1. The van der Waals surface area contributed by atoms with Gasteiger partial charge in [0, 0.05) is 15.7 Å². The van der Waals surface area contributed by atoms with Crippen molar-refractivity contribution in [1.29, 1.82) is 5.26 Å². The molecule has 150 valence electrons. The predicted octanol–water partition coefficient (Wildman–Crippen LogP) is 6.88. The highest BCUT2D eigenvalue weighted by atomic mass is 79.9. The van der Waals surface area contributed by atoms with E-state index < -0.39 is 5.91 Å². The molecule has 0 heterocycles. The molecule has 0 aliphatic heterocycles. The minimum absolute atomic E-state index is 0.0329. The molecule has 0 saturated heterocycles. The maximum Gasteiger partial charge on any atom is 0.266 e. The number of halogens is 3. The molecule has 3 aromatic carbocycles. The summed E-state index contributed by atoms with van der Waals surface area (Å²) in [6.07, 6.45) is 1.51. The van der Waals surface area contributed by atoms with Gasteiger partial charge in [-0.1, -0.05) is 47.5 Å². The second kappa shape index (κ2) is 10.3. The summed E-state index contributed by atoms with van der Waals surface area (Å²) in [6.45, 7) is 0.361. The van der Waals surface area contributed by atoms with Crippen LogP contribution >= 0.6 is 39.1 Å². The first-order chi connectivity index (χ1) is 14.4. The molecular formula is C23H15BrCl2N2O2. The van der Waals surface area contributed by atoms with E-state index in [1.807, 2.05) is 24.3 Å². The molecule has 0 aromatic heterocycles. The number of anilines is 1. The number of nitrogens with zero attached hydrogens (tertiary/aromatic N) is 1. The molecule has 0 unspecified atom stereocenters. The Kier molecular flexibility index (Phi) is 7.53. The van der Waals surface area contributed by atoms with Crippen molar-refractivity contribution in [3.05, 3.63) is 97.9 Å². The van der Waals surface area contributed by atoms with Gasteiger partial charge in [-0.2, -0.15) is 5.26 Å². The number of hydrogen-bond acceptors (Lipinski definition) is 3. The van der Waals surface area contributed by atoms with Gasteiger partial charge in [0.1, 0.15) is 24.0 Å². The number of ether oxygens (including phenoxy) is 1. The summed E-state index contributed by atoms with van der Waals surface area (Å²) in [5.41, 5.74) is 2.10. The fraction of sp³-hybridized carbons (Fsp3) is 0.0435. The van der Waals surface area contributed by atoms with Crippen molar-refractivity contribution >= 4 is 56.8 Å². The van der Waals surface area contributed by atoms with E-state index in [-0.39, 0.29) is 5.57 Å². The lowest BCUT2D eigenvalue weighted by atomic mass is 10.1. The smallest absolute Gasteiger partial charge is 0.266 e. The molecule has 0 atom stereocenters. The Labute approximate surface area is 192 Å². The van der Waals surface area contributed by atoms with Crippen molar-refractivity contribution in [3.8, 4) is 11.8 Å². The van der Waals surface area contributed by atoms with Gasteiger partial charge in [0.15, 0.2) is 0 Å². The molecule has 0 radical (unpaired) electrons. The van der Waals surface area contributed by atoms with Crippen LogP contribution in [0, 0.1) is 11.3 Å². The van der Waals surface area contributed by atoms with E-state index in [1.165, 1.54) is 6.08 Å². The van der Waals surface area contributed by atoms with Crippen LogP contribution in [0.4, 0.5) is 5.69 Å². The van der Waals surface area contributed by atoms with Gasteiger partial charge in [0.05, 0.1) is 4.47 Å². The Balaban J connectivity index is 1.71. The third-order valence-electron chi connectivity index (χ3n) is 4.00. The summed E-state index contributed by atoms with van der Waals surface area (Å²) >= 11 is 15.4. The highest BCUT2D eigenvalue weighted by molar-refractivity contribution is 9.10. The van der Waals surface area contributed by atoms with Crippen LogP contribution in [0.5, 0.6) is 5.75 Å². The second-order valence-electron chi connectivity index (χ2n) is 6.24. The molecule has 4 nitrogen and oxygen atoms in total. The first-order valence-electron chi connectivity index (χ1n) is 8.80. The van der Waals surface area contributed by atoms with Crippen LogP contribution in [0.15, 0.2) is 76.8 Å². The third-order valence-corrected chi connectivity index (χ3v) is 5.09. The average Bonchev–Trinajstić information content (AvgIpc) is 2.71. The summed E-state index contributed by atoms with van der Waals surface area (Å²) in [7, 11) is 0. The van der Waals surface area contributed by atoms with E-state index in [2.05, 4.69) is 21.2 Å². The molecule has 0 fully saturated rings.